The molecule has 0 bridgehead atoms. The highest BCUT2D eigenvalue weighted by Crippen LogP contribution is 2.44. The number of nitrogens with zero attached hydrogens (tertiary/aromatic N) is 2. The van der Waals surface area contributed by atoms with E-state index in [1.54, 1.807) is 24.4 Å². The van der Waals surface area contributed by atoms with Crippen molar-refractivity contribution in [3.05, 3.63) is 138 Å². The van der Waals surface area contributed by atoms with Crippen molar-refractivity contribution >= 4 is 17.3 Å². The van der Waals surface area contributed by atoms with Crippen molar-refractivity contribution < 1.29 is 18.3 Å². The standard InChI is InChI=1S/C32H27FN2O3/c1-37-32(36)29-28(20-19-23-12-4-2-5-13-23)38-31(26-17-8-9-18-27(26)33)30(29)35(25-15-6-3-7-16-25)22-24-14-10-11-21-34-24/h2-18,21H,19-20,22H2,1H3. The number of ether oxygens (including phenoxy) is 1. The fourth-order valence-electron chi connectivity index (χ4n) is 4.51. The monoisotopic (exact) mass is 506 g/mol. The number of anilines is 2. The van der Waals surface area contributed by atoms with E-state index in [0.29, 0.717) is 30.8 Å². The van der Waals surface area contributed by atoms with Gasteiger partial charge in [0.2, 0.25) is 0 Å². The normalized spacial score (nSPS) is 10.8. The topological polar surface area (TPSA) is 55.6 Å². The minimum atomic E-state index is -0.545. The number of aromatic nitrogens is 1. The zero-order valence-electron chi connectivity index (χ0n) is 21.0. The smallest absolute Gasteiger partial charge is 0.343 e. The number of rotatable bonds is 9. The Morgan fingerprint density at radius 2 is 1.55 bits per heavy atom. The average Bonchev–Trinajstić information content (AvgIpc) is 3.35. The number of furan rings is 1. The largest absolute Gasteiger partial charge is 0.465 e. The predicted octanol–water partition coefficient (Wildman–Crippen LogP) is 7.39. The molecule has 2 aromatic heterocycles. The molecule has 0 fully saturated rings. The molecule has 5 rings (SSSR count). The van der Waals surface area contributed by atoms with Crippen LogP contribution in [-0.2, 0) is 24.1 Å². The Bertz CT molecular complexity index is 1500. The van der Waals surface area contributed by atoms with Gasteiger partial charge in [-0.1, -0.05) is 66.7 Å². The maximum Gasteiger partial charge on any atom is 0.343 e. The van der Waals surface area contributed by atoms with Gasteiger partial charge >= 0.3 is 5.97 Å². The van der Waals surface area contributed by atoms with Crippen molar-refractivity contribution in [1.82, 2.24) is 4.98 Å². The van der Waals surface area contributed by atoms with Crippen molar-refractivity contribution in [3.63, 3.8) is 0 Å². The molecule has 5 aromatic rings. The molecule has 0 atom stereocenters. The molecule has 190 valence electrons. The number of pyridine rings is 1. The van der Waals surface area contributed by atoms with Crippen molar-refractivity contribution in [3.8, 4) is 11.3 Å². The molecule has 0 N–H and O–H groups in total. The van der Waals surface area contributed by atoms with Gasteiger partial charge in [0.25, 0.3) is 0 Å². The van der Waals surface area contributed by atoms with Crippen LogP contribution in [0.2, 0.25) is 0 Å². The molecule has 0 aliphatic carbocycles. The first-order chi connectivity index (χ1) is 18.7. The Balaban J connectivity index is 1.73. The van der Waals surface area contributed by atoms with E-state index in [4.69, 9.17) is 9.15 Å². The van der Waals surface area contributed by atoms with Gasteiger partial charge in [0, 0.05) is 18.3 Å². The Morgan fingerprint density at radius 3 is 2.24 bits per heavy atom. The minimum Gasteiger partial charge on any atom is -0.465 e. The molecule has 5 nitrogen and oxygen atoms in total. The third kappa shape index (κ3) is 5.34. The van der Waals surface area contributed by atoms with Gasteiger partial charge in [-0.15, -0.1) is 0 Å². The first-order valence-corrected chi connectivity index (χ1v) is 12.4. The minimum absolute atomic E-state index is 0.264. The van der Waals surface area contributed by atoms with E-state index < -0.39 is 11.8 Å². The van der Waals surface area contributed by atoms with Gasteiger partial charge in [-0.25, -0.2) is 9.18 Å². The Kier molecular flexibility index (Phi) is 7.59. The third-order valence-corrected chi connectivity index (χ3v) is 6.33. The van der Waals surface area contributed by atoms with Gasteiger partial charge in [0.1, 0.15) is 22.8 Å². The Morgan fingerprint density at radius 1 is 0.868 bits per heavy atom. The summed E-state index contributed by atoms with van der Waals surface area (Å²) in [5, 5.41) is 0. The summed E-state index contributed by atoms with van der Waals surface area (Å²) in [6.45, 7) is 0.327. The molecule has 0 aliphatic heterocycles. The molecular weight excluding hydrogens is 479 g/mol. The van der Waals surface area contributed by atoms with Crippen LogP contribution < -0.4 is 4.90 Å². The van der Waals surface area contributed by atoms with Crippen LogP contribution in [0, 0.1) is 5.82 Å². The zero-order chi connectivity index (χ0) is 26.3. The van der Waals surface area contributed by atoms with E-state index in [0.717, 1.165) is 16.9 Å². The van der Waals surface area contributed by atoms with Crippen LogP contribution in [0.5, 0.6) is 0 Å². The lowest BCUT2D eigenvalue weighted by atomic mass is 10.0. The summed E-state index contributed by atoms with van der Waals surface area (Å²) in [7, 11) is 1.34. The van der Waals surface area contributed by atoms with Gasteiger partial charge in [-0.2, -0.15) is 0 Å². The second-order valence-corrected chi connectivity index (χ2v) is 8.78. The van der Waals surface area contributed by atoms with Gasteiger partial charge in [-0.3, -0.25) is 4.98 Å². The lowest BCUT2D eigenvalue weighted by Crippen LogP contribution is -2.20. The van der Waals surface area contributed by atoms with Crippen LogP contribution in [-0.4, -0.2) is 18.1 Å². The van der Waals surface area contributed by atoms with Crippen LogP contribution in [0.1, 0.15) is 27.4 Å². The number of benzene rings is 3. The highest BCUT2D eigenvalue weighted by molar-refractivity contribution is 6.02. The third-order valence-electron chi connectivity index (χ3n) is 6.33. The molecule has 0 aliphatic rings. The molecule has 0 saturated heterocycles. The van der Waals surface area contributed by atoms with E-state index in [1.807, 2.05) is 83.8 Å². The number of hydrogen-bond acceptors (Lipinski definition) is 5. The molecule has 3 aromatic carbocycles. The van der Waals surface area contributed by atoms with Gasteiger partial charge < -0.3 is 14.1 Å². The first-order valence-electron chi connectivity index (χ1n) is 12.4. The van der Waals surface area contributed by atoms with Crippen molar-refractivity contribution in [2.45, 2.75) is 19.4 Å². The Hall–Kier alpha value is -4.71. The van der Waals surface area contributed by atoms with Gasteiger partial charge in [0.05, 0.1) is 24.9 Å². The van der Waals surface area contributed by atoms with Crippen LogP contribution in [0.4, 0.5) is 15.8 Å². The molecule has 0 saturated carbocycles. The van der Waals surface area contributed by atoms with E-state index in [-0.39, 0.29) is 16.9 Å². The summed E-state index contributed by atoms with van der Waals surface area (Å²) in [6, 6.07) is 31.6. The number of hydrogen-bond donors (Lipinski definition) is 0. The SMILES string of the molecule is COC(=O)c1c(CCc2ccccc2)oc(-c2ccccc2F)c1N(Cc1ccccn1)c1ccccc1. The number of halogens is 1. The maximum atomic E-state index is 15.2. The molecular formula is C32H27FN2O3. The second-order valence-electron chi connectivity index (χ2n) is 8.78. The lowest BCUT2D eigenvalue weighted by Gasteiger charge is -2.25. The molecule has 0 amide bonds. The molecule has 2 heterocycles. The summed E-state index contributed by atoms with van der Waals surface area (Å²) >= 11 is 0. The predicted molar refractivity (Wildman–Crippen MR) is 146 cm³/mol. The quantitative estimate of drug-likeness (QED) is 0.195. The number of esters is 1. The molecule has 38 heavy (non-hydrogen) atoms. The van der Waals surface area contributed by atoms with Crippen LogP contribution in [0.15, 0.2) is 114 Å². The van der Waals surface area contributed by atoms with Crippen LogP contribution in [0.25, 0.3) is 11.3 Å². The van der Waals surface area contributed by atoms with Crippen LogP contribution in [0.3, 0.4) is 0 Å². The fraction of sp³-hybridized carbons (Fsp3) is 0.125. The van der Waals surface area contributed by atoms with Gasteiger partial charge in [0.15, 0.2) is 5.76 Å². The summed E-state index contributed by atoms with van der Waals surface area (Å²) in [6.07, 6.45) is 2.79. The Labute approximate surface area is 221 Å². The highest BCUT2D eigenvalue weighted by atomic mass is 19.1. The van der Waals surface area contributed by atoms with E-state index >= 15 is 4.39 Å². The summed E-state index contributed by atoms with van der Waals surface area (Å²) in [5.41, 5.74) is 3.67. The zero-order valence-corrected chi connectivity index (χ0v) is 21.0. The van der Waals surface area contributed by atoms with Crippen molar-refractivity contribution in [1.29, 1.82) is 0 Å². The number of carbonyl (C=O) groups excluding carboxylic acids is 1. The molecule has 0 radical (unpaired) electrons. The molecule has 6 heteroatoms. The number of para-hydroxylation sites is 1. The van der Waals surface area contributed by atoms with E-state index in [9.17, 15) is 4.79 Å². The summed E-state index contributed by atoms with van der Waals surface area (Å²) in [4.78, 5) is 19.8. The van der Waals surface area contributed by atoms with E-state index in [1.165, 1.54) is 13.2 Å². The summed E-state index contributed by atoms with van der Waals surface area (Å²) < 4.78 is 26.9. The highest BCUT2D eigenvalue weighted by Gasteiger charge is 2.32. The van der Waals surface area contributed by atoms with Crippen LogP contribution >= 0.6 is 0 Å². The lowest BCUT2D eigenvalue weighted by molar-refractivity contribution is 0.0599. The maximum absolute atomic E-state index is 15.2. The van der Waals surface area contributed by atoms with Gasteiger partial charge in [-0.05, 0) is 48.4 Å². The fourth-order valence-corrected chi connectivity index (χ4v) is 4.51. The number of methoxy groups -OCH3 is 1. The van der Waals surface area contributed by atoms with E-state index in [2.05, 4.69) is 4.98 Å². The number of aryl methyl sites for hydroxylation is 2. The number of carbonyl (C=O) groups is 1. The van der Waals surface area contributed by atoms with Crippen molar-refractivity contribution in [2.75, 3.05) is 12.0 Å². The molecule has 0 spiro atoms. The average molecular weight is 507 g/mol. The first kappa shape index (κ1) is 25.0. The summed E-state index contributed by atoms with van der Waals surface area (Å²) in [5.74, 6) is -0.280. The second kappa shape index (κ2) is 11.6. The molecule has 0 unspecified atom stereocenters. The van der Waals surface area contributed by atoms with Crippen molar-refractivity contribution in [2.24, 2.45) is 0 Å².